The van der Waals surface area contributed by atoms with Gasteiger partial charge in [0, 0.05) is 22.6 Å². The van der Waals surface area contributed by atoms with Gasteiger partial charge in [0.05, 0.1) is 17.7 Å². The summed E-state index contributed by atoms with van der Waals surface area (Å²) < 4.78 is 33.8. The van der Waals surface area contributed by atoms with Crippen molar-refractivity contribution in [3.63, 3.8) is 0 Å². The fourth-order valence-electron chi connectivity index (χ4n) is 3.88. The van der Waals surface area contributed by atoms with E-state index >= 15 is 0 Å². The van der Waals surface area contributed by atoms with Gasteiger partial charge in [-0.1, -0.05) is 54.4 Å². The Labute approximate surface area is 245 Å². The number of ether oxygens (including phenoxy) is 1. The van der Waals surface area contributed by atoms with Crippen LogP contribution in [0.2, 0.25) is 10.0 Å². The van der Waals surface area contributed by atoms with Gasteiger partial charge in [0.2, 0.25) is 11.8 Å². The van der Waals surface area contributed by atoms with Crippen LogP contribution in [-0.4, -0.2) is 50.9 Å². The van der Waals surface area contributed by atoms with Gasteiger partial charge in [-0.2, -0.15) is 0 Å². The summed E-state index contributed by atoms with van der Waals surface area (Å²) in [4.78, 5) is 28.4. The summed E-state index contributed by atoms with van der Waals surface area (Å²) in [6.07, 6.45) is 0.704. The molecule has 0 aromatic heterocycles. The van der Waals surface area contributed by atoms with Crippen LogP contribution >= 0.6 is 23.2 Å². The Morgan fingerprint density at radius 2 is 1.62 bits per heavy atom. The second-order valence-electron chi connectivity index (χ2n) is 9.27. The molecule has 3 rings (SSSR count). The number of sulfonamides is 1. The fraction of sp³-hybridized carbons (Fsp3) is 0.310. The lowest BCUT2D eigenvalue weighted by Crippen LogP contribution is -2.52. The lowest BCUT2D eigenvalue weighted by molar-refractivity contribution is -0.139. The van der Waals surface area contributed by atoms with Crippen molar-refractivity contribution in [2.45, 2.75) is 50.7 Å². The van der Waals surface area contributed by atoms with Crippen molar-refractivity contribution in [1.29, 1.82) is 0 Å². The molecule has 11 heteroatoms. The standard InChI is InChI=1S/C29H33Cl2N3O5S/c1-5-20(2)32-29(36)21(3)33(18-22-11-12-23(30)17-27(22)31)28(35)19-34(24-13-15-25(39-4)16-14-24)40(37,38)26-9-7-6-8-10-26/h6-17,20-21H,5,18-19H2,1-4H3,(H,32,36)/t20-,21+/m1/s1. The molecule has 0 aliphatic rings. The molecule has 0 unspecified atom stereocenters. The summed E-state index contributed by atoms with van der Waals surface area (Å²) in [5.41, 5.74) is 0.823. The third-order valence-electron chi connectivity index (χ3n) is 6.49. The van der Waals surface area contributed by atoms with Crippen LogP contribution in [0, 0.1) is 0 Å². The zero-order valence-corrected chi connectivity index (χ0v) is 25.1. The first-order valence-corrected chi connectivity index (χ1v) is 14.9. The minimum Gasteiger partial charge on any atom is -0.497 e. The van der Waals surface area contributed by atoms with Gasteiger partial charge in [0.25, 0.3) is 10.0 Å². The van der Waals surface area contributed by atoms with Crippen LogP contribution in [0.1, 0.15) is 32.8 Å². The van der Waals surface area contributed by atoms with Crippen LogP contribution in [0.25, 0.3) is 0 Å². The highest BCUT2D eigenvalue weighted by Crippen LogP contribution is 2.27. The van der Waals surface area contributed by atoms with Gasteiger partial charge in [-0.25, -0.2) is 8.42 Å². The Bertz CT molecular complexity index is 1420. The maximum Gasteiger partial charge on any atom is 0.264 e. The molecule has 3 aromatic carbocycles. The zero-order valence-electron chi connectivity index (χ0n) is 22.8. The maximum absolute atomic E-state index is 14.0. The summed E-state index contributed by atoms with van der Waals surface area (Å²) in [6.45, 7) is 4.81. The molecule has 0 saturated heterocycles. The molecule has 0 aliphatic heterocycles. The van der Waals surface area contributed by atoms with Gasteiger partial charge in [-0.05, 0) is 74.4 Å². The van der Waals surface area contributed by atoms with Crippen molar-refractivity contribution in [1.82, 2.24) is 10.2 Å². The summed E-state index contributed by atoms with van der Waals surface area (Å²) in [5.74, 6) is -0.427. The van der Waals surface area contributed by atoms with E-state index in [4.69, 9.17) is 27.9 Å². The van der Waals surface area contributed by atoms with E-state index in [0.717, 1.165) is 4.31 Å². The number of anilines is 1. The molecule has 3 aromatic rings. The smallest absolute Gasteiger partial charge is 0.264 e. The number of hydrogen-bond donors (Lipinski definition) is 1. The van der Waals surface area contributed by atoms with E-state index in [-0.39, 0.29) is 29.1 Å². The lowest BCUT2D eigenvalue weighted by Gasteiger charge is -2.32. The van der Waals surface area contributed by atoms with Gasteiger partial charge in [-0.3, -0.25) is 13.9 Å². The Balaban J connectivity index is 2.04. The Morgan fingerprint density at radius 3 is 2.20 bits per heavy atom. The van der Waals surface area contributed by atoms with E-state index in [1.807, 2.05) is 13.8 Å². The number of halogens is 2. The van der Waals surface area contributed by atoms with Gasteiger partial charge < -0.3 is 15.0 Å². The van der Waals surface area contributed by atoms with Crippen molar-refractivity contribution < 1.29 is 22.7 Å². The quantitative estimate of drug-likeness (QED) is 0.293. The average Bonchev–Trinajstić information content (AvgIpc) is 2.95. The van der Waals surface area contributed by atoms with Crippen molar-refractivity contribution >= 4 is 50.7 Å². The SMILES string of the molecule is CC[C@@H](C)NC(=O)[C@H](C)N(Cc1ccc(Cl)cc1Cl)C(=O)CN(c1ccc(OC)cc1)S(=O)(=O)c1ccccc1. The lowest BCUT2D eigenvalue weighted by atomic mass is 10.1. The summed E-state index contributed by atoms with van der Waals surface area (Å²) >= 11 is 12.5. The van der Waals surface area contributed by atoms with Crippen LogP contribution in [0.3, 0.4) is 0 Å². The predicted octanol–water partition coefficient (Wildman–Crippen LogP) is 5.53. The second kappa shape index (κ2) is 13.9. The van der Waals surface area contributed by atoms with Crippen LogP contribution in [0.5, 0.6) is 5.75 Å². The Hall–Kier alpha value is -3.27. The molecule has 1 N–H and O–H groups in total. The first-order chi connectivity index (χ1) is 19.0. The molecule has 214 valence electrons. The van der Waals surface area contributed by atoms with Crippen LogP contribution in [0.15, 0.2) is 77.7 Å². The Morgan fingerprint density at radius 1 is 0.975 bits per heavy atom. The topological polar surface area (TPSA) is 96.0 Å². The number of benzene rings is 3. The molecule has 2 atom stereocenters. The van der Waals surface area contributed by atoms with E-state index in [9.17, 15) is 18.0 Å². The minimum atomic E-state index is -4.16. The molecule has 0 bridgehead atoms. The summed E-state index contributed by atoms with van der Waals surface area (Å²) in [6, 6.07) is 18.0. The fourth-order valence-corrected chi connectivity index (χ4v) is 5.78. The van der Waals surface area contributed by atoms with Crippen LogP contribution in [0.4, 0.5) is 5.69 Å². The van der Waals surface area contributed by atoms with E-state index in [0.29, 0.717) is 27.8 Å². The average molecular weight is 607 g/mol. The molecular formula is C29H33Cl2N3O5S. The zero-order chi connectivity index (χ0) is 29.4. The van der Waals surface area contributed by atoms with Crippen LogP contribution < -0.4 is 14.4 Å². The third kappa shape index (κ3) is 7.68. The van der Waals surface area contributed by atoms with E-state index in [1.54, 1.807) is 67.6 Å². The molecular weight excluding hydrogens is 573 g/mol. The highest BCUT2D eigenvalue weighted by atomic mass is 35.5. The summed E-state index contributed by atoms with van der Waals surface area (Å²) in [7, 11) is -2.65. The first kappa shape index (κ1) is 31.3. The predicted molar refractivity (Wildman–Crippen MR) is 158 cm³/mol. The molecule has 0 saturated carbocycles. The monoisotopic (exact) mass is 605 g/mol. The third-order valence-corrected chi connectivity index (χ3v) is 8.87. The normalized spacial score (nSPS) is 12.8. The van der Waals surface area contributed by atoms with Crippen molar-refractivity contribution in [3.05, 3.63) is 88.4 Å². The molecule has 40 heavy (non-hydrogen) atoms. The largest absolute Gasteiger partial charge is 0.497 e. The highest BCUT2D eigenvalue weighted by Gasteiger charge is 2.33. The highest BCUT2D eigenvalue weighted by molar-refractivity contribution is 7.92. The van der Waals surface area contributed by atoms with E-state index < -0.39 is 28.5 Å². The molecule has 0 fully saturated rings. The van der Waals surface area contributed by atoms with Crippen molar-refractivity contribution in [2.75, 3.05) is 18.0 Å². The van der Waals surface area contributed by atoms with Gasteiger partial charge in [0.15, 0.2) is 0 Å². The van der Waals surface area contributed by atoms with Gasteiger partial charge in [0.1, 0.15) is 18.3 Å². The first-order valence-electron chi connectivity index (χ1n) is 12.7. The van der Waals surface area contributed by atoms with E-state index in [2.05, 4.69) is 5.32 Å². The molecule has 0 radical (unpaired) electrons. The number of hydrogen-bond acceptors (Lipinski definition) is 5. The van der Waals surface area contributed by atoms with Crippen LogP contribution in [-0.2, 0) is 26.2 Å². The molecule has 2 amide bonds. The summed E-state index contributed by atoms with van der Waals surface area (Å²) in [5, 5.41) is 3.64. The van der Waals surface area contributed by atoms with Gasteiger partial charge in [-0.15, -0.1) is 0 Å². The maximum atomic E-state index is 14.0. The number of nitrogens with one attached hydrogen (secondary N) is 1. The second-order valence-corrected chi connectivity index (χ2v) is 12.0. The number of amides is 2. The molecule has 0 spiro atoms. The van der Waals surface area contributed by atoms with Crippen molar-refractivity contribution in [2.24, 2.45) is 0 Å². The molecule has 0 aliphatic carbocycles. The van der Waals surface area contributed by atoms with Gasteiger partial charge >= 0.3 is 0 Å². The molecule has 8 nitrogen and oxygen atoms in total. The Kier molecular flexibility index (Phi) is 10.8. The number of rotatable bonds is 12. The number of nitrogens with zero attached hydrogens (tertiary/aromatic N) is 2. The van der Waals surface area contributed by atoms with E-state index in [1.165, 1.54) is 24.1 Å². The molecule has 0 heterocycles. The number of carbonyl (C=O) groups is 2. The minimum absolute atomic E-state index is 0.0217. The number of carbonyl (C=O) groups excluding carboxylic acids is 2. The number of methoxy groups -OCH3 is 1. The van der Waals surface area contributed by atoms with Crippen molar-refractivity contribution in [3.8, 4) is 5.75 Å².